The van der Waals surface area contributed by atoms with Crippen LogP contribution < -0.4 is 10.7 Å². The molecule has 1 heterocycles. The van der Waals surface area contributed by atoms with Crippen LogP contribution in [0.3, 0.4) is 0 Å². The normalized spacial score (nSPS) is 27.4. The minimum atomic E-state index is -1.40. The van der Waals surface area contributed by atoms with E-state index in [4.69, 9.17) is 10.5 Å². The van der Waals surface area contributed by atoms with E-state index in [1.165, 1.54) is 0 Å². The smallest absolute Gasteiger partial charge is 0.224 e. The van der Waals surface area contributed by atoms with E-state index in [9.17, 15) is 10.2 Å². The standard InChI is InChI=1S/C12H22N2O3S/c1-4-12(2)9(7-10(13)17-12)14-8(11(15)16)5-6-18-3/h7-8,11,15-16H,4-6,13H2,1-3H3/p+1. The third-order valence-electron chi connectivity index (χ3n) is 3.21. The molecule has 0 aromatic heterocycles. The van der Waals surface area contributed by atoms with E-state index in [2.05, 4.69) is 4.99 Å². The number of thioether (sulfide) groups is 1. The zero-order chi connectivity index (χ0) is 13.8. The first kappa shape index (κ1) is 15.3. The second kappa shape index (κ2) is 6.45. The van der Waals surface area contributed by atoms with Crippen molar-refractivity contribution in [3.8, 4) is 0 Å². The van der Waals surface area contributed by atoms with Crippen molar-refractivity contribution >= 4 is 17.5 Å². The second-order valence-corrected chi connectivity index (χ2v) is 5.58. The van der Waals surface area contributed by atoms with Crippen molar-refractivity contribution in [2.45, 2.75) is 44.6 Å². The van der Waals surface area contributed by atoms with E-state index < -0.39 is 17.9 Å². The third-order valence-corrected chi connectivity index (χ3v) is 3.85. The van der Waals surface area contributed by atoms with Gasteiger partial charge in [-0.3, -0.25) is 0 Å². The van der Waals surface area contributed by atoms with E-state index >= 15 is 0 Å². The summed E-state index contributed by atoms with van der Waals surface area (Å²) in [7, 11) is 0. The predicted molar refractivity (Wildman–Crippen MR) is 73.0 cm³/mol. The first-order chi connectivity index (χ1) is 8.42. The molecule has 0 aromatic rings. The summed E-state index contributed by atoms with van der Waals surface area (Å²) < 4.78 is 5.57. The van der Waals surface area contributed by atoms with E-state index in [1.54, 1.807) is 17.8 Å². The van der Waals surface area contributed by atoms with Gasteiger partial charge in [-0.2, -0.15) is 11.8 Å². The lowest BCUT2D eigenvalue weighted by Crippen LogP contribution is -2.85. The molecule has 18 heavy (non-hydrogen) atoms. The van der Waals surface area contributed by atoms with Crippen molar-refractivity contribution in [2.24, 2.45) is 5.73 Å². The monoisotopic (exact) mass is 275 g/mol. The molecule has 0 amide bonds. The Kier molecular flexibility index (Phi) is 5.49. The van der Waals surface area contributed by atoms with Crippen molar-refractivity contribution in [1.82, 2.24) is 0 Å². The summed E-state index contributed by atoms with van der Waals surface area (Å²) in [5.41, 5.74) is 5.98. The van der Waals surface area contributed by atoms with Crippen LogP contribution in [0.5, 0.6) is 0 Å². The van der Waals surface area contributed by atoms with Crippen LogP contribution in [0.25, 0.3) is 0 Å². The molecule has 6 heteroatoms. The molecule has 0 saturated heterocycles. The molecule has 0 spiro atoms. The van der Waals surface area contributed by atoms with Crippen molar-refractivity contribution in [3.05, 3.63) is 12.0 Å². The first-order valence-electron chi connectivity index (χ1n) is 6.08. The van der Waals surface area contributed by atoms with Gasteiger partial charge < -0.3 is 20.7 Å². The molecule has 0 radical (unpaired) electrons. The number of aliphatic hydroxyl groups excluding tert-OH is 1. The van der Waals surface area contributed by atoms with Crippen LogP contribution in [0.15, 0.2) is 12.0 Å². The minimum absolute atomic E-state index is 0.359. The molecule has 0 fully saturated rings. The quantitative estimate of drug-likeness (QED) is 0.464. The predicted octanol–water partition coefficient (Wildman–Crippen LogP) is -1.06. The number of hydrogen-bond donors (Lipinski definition) is 4. The van der Waals surface area contributed by atoms with E-state index in [1.807, 2.05) is 20.1 Å². The lowest BCUT2D eigenvalue weighted by Gasteiger charge is -2.21. The number of nitrogens with one attached hydrogen (secondary N) is 1. The van der Waals surface area contributed by atoms with Crippen molar-refractivity contribution in [3.63, 3.8) is 0 Å². The molecule has 5 nitrogen and oxygen atoms in total. The van der Waals surface area contributed by atoms with Crippen LogP contribution in [0, 0.1) is 0 Å². The summed E-state index contributed by atoms with van der Waals surface area (Å²) in [5.74, 6) is 1.21. The van der Waals surface area contributed by atoms with Gasteiger partial charge in [-0.15, -0.1) is 0 Å². The molecule has 1 aliphatic rings. The van der Waals surface area contributed by atoms with Gasteiger partial charge in [0, 0.05) is 6.42 Å². The molecule has 0 aromatic carbocycles. The third kappa shape index (κ3) is 3.63. The zero-order valence-corrected chi connectivity index (χ0v) is 12.0. The Morgan fingerprint density at radius 1 is 1.56 bits per heavy atom. The summed E-state index contributed by atoms with van der Waals surface area (Å²) >= 11 is 1.67. The molecular weight excluding hydrogens is 252 g/mol. The summed E-state index contributed by atoms with van der Waals surface area (Å²) in [6, 6.07) is -0.413. The number of rotatable bonds is 6. The van der Waals surface area contributed by atoms with Gasteiger partial charge in [-0.05, 0) is 25.4 Å². The van der Waals surface area contributed by atoms with Crippen molar-refractivity contribution in [2.75, 3.05) is 12.0 Å². The van der Waals surface area contributed by atoms with Crippen LogP contribution in [0.1, 0.15) is 26.7 Å². The van der Waals surface area contributed by atoms with Gasteiger partial charge in [0.1, 0.15) is 0 Å². The largest absolute Gasteiger partial charge is 0.462 e. The SMILES string of the molecule is CCC1(C)OC(N)=CC1=[NH+]C(CCSC)C(O)O. The van der Waals surface area contributed by atoms with Gasteiger partial charge >= 0.3 is 0 Å². The van der Waals surface area contributed by atoms with Crippen LogP contribution >= 0.6 is 11.8 Å². The molecule has 5 N–H and O–H groups in total. The Morgan fingerprint density at radius 2 is 2.22 bits per heavy atom. The van der Waals surface area contributed by atoms with Crippen LogP contribution in [0.4, 0.5) is 0 Å². The van der Waals surface area contributed by atoms with Gasteiger partial charge in [-0.25, -0.2) is 4.99 Å². The van der Waals surface area contributed by atoms with Gasteiger partial charge in [0.05, 0.1) is 6.08 Å². The lowest BCUT2D eigenvalue weighted by molar-refractivity contribution is -0.532. The summed E-state index contributed by atoms with van der Waals surface area (Å²) in [6.07, 6.45) is 3.72. The Hall–Kier alpha value is -0.720. The van der Waals surface area contributed by atoms with Gasteiger partial charge in [0.2, 0.25) is 18.0 Å². The molecule has 2 atom stereocenters. The second-order valence-electron chi connectivity index (χ2n) is 4.59. The maximum absolute atomic E-state index is 9.39. The van der Waals surface area contributed by atoms with Gasteiger partial charge in [0.25, 0.3) is 0 Å². The van der Waals surface area contributed by atoms with E-state index in [-0.39, 0.29) is 0 Å². The minimum Gasteiger partial charge on any atom is -0.462 e. The lowest BCUT2D eigenvalue weighted by atomic mass is 9.97. The number of ether oxygens (including phenoxy) is 1. The topological polar surface area (TPSA) is 89.7 Å². The highest BCUT2D eigenvalue weighted by Crippen LogP contribution is 2.24. The number of aliphatic hydroxyl groups is 2. The van der Waals surface area contributed by atoms with E-state index in [0.717, 1.165) is 17.9 Å². The highest BCUT2D eigenvalue weighted by Gasteiger charge is 2.41. The van der Waals surface area contributed by atoms with Gasteiger partial charge in [-0.1, -0.05) is 6.92 Å². The number of nitrogens with two attached hydrogens (primary N) is 1. The maximum Gasteiger partial charge on any atom is 0.224 e. The molecule has 0 saturated carbocycles. The Morgan fingerprint density at radius 3 is 2.72 bits per heavy atom. The fourth-order valence-electron chi connectivity index (χ4n) is 1.84. The first-order valence-corrected chi connectivity index (χ1v) is 7.47. The fourth-order valence-corrected chi connectivity index (χ4v) is 2.33. The molecule has 2 unspecified atom stereocenters. The highest BCUT2D eigenvalue weighted by atomic mass is 32.2. The average molecular weight is 275 g/mol. The average Bonchev–Trinajstić information content (AvgIpc) is 2.59. The summed E-state index contributed by atoms with van der Waals surface area (Å²) in [6.45, 7) is 3.93. The van der Waals surface area contributed by atoms with Crippen molar-refractivity contribution < 1.29 is 19.9 Å². The molecule has 1 rings (SSSR count). The van der Waals surface area contributed by atoms with E-state index in [0.29, 0.717) is 12.3 Å². The zero-order valence-electron chi connectivity index (χ0n) is 11.1. The molecule has 1 aliphatic heterocycles. The van der Waals surface area contributed by atoms with Gasteiger partial charge in [0.15, 0.2) is 11.5 Å². The maximum atomic E-state index is 9.39. The summed E-state index contributed by atoms with van der Waals surface area (Å²) in [5, 5.41) is 18.8. The molecular formula is C12H23N2O3S+. The fraction of sp³-hybridized carbons (Fsp3) is 0.750. The Labute approximate surface area is 112 Å². The summed E-state index contributed by atoms with van der Waals surface area (Å²) in [4.78, 5) is 3.14. The van der Waals surface area contributed by atoms with Crippen molar-refractivity contribution in [1.29, 1.82) is 0 Å². The van der Waals surface area contributed by atoms with Crippen LogP contribution in [-0.2, 0) is 4.74 Å². The van der Waals surface area contributed by atoms with Crippen LogP contribution in [-0.4, -0.2) is 45.9 Å². The van der Waals surface area contributed by atoms with Crippen LogP contribution in [0.2, 0.25) is 0 Å². The Bertz CT molecular complexity index is 344. The molecule has 0 aliphatic carbocycles. The number of hydrogen-bond acceptors (Lipinski definition) is 5. The molecule has 0 bridgehead atoms. The highest BCUT2D eigenvalue weighted by molar-refractivity contribution is 7.98. The molecule has 104 valence electrons. The Balaban J connectivity index is 2.89.